The Morgan fingerprint density at radius 2 is 2.00 bits per heavy atom. The van der Waals surface area contributed by atoms with E-state index >= 15 is 0 Å². The lowest BCUT2D eigenvalue weighted by molar-refractivity contribution is -0.118. The maximum atomic E-state index is 13.4. The summed E-state index contributed by atoms with van der Waals surface area (Å²) in [5, 5.41) is 9.44. The molecule has 1 aromatic carbocycles. The summed E-state index contributed by atoms with van der Waals surface area (Å²) in [7, 11) is 0. The van der Waals surface area contributed by atoms with Crippen LogP contribution in [0, 0.1) is 0 Å². The van der Waals surface area contributed by atoms with E-state index in [1.54, 1.807) is 6.26 Å². The summed E-state index contributed by atoms with van der Waals surface area (Å²) >= 11 is 1.47. The second-order valence-corrected chi connectivity index (χ2v) is 9.60. The molecule has 31 heavy (non-hydrogen) atoms. The van der Waals surface area contributed by atoms with Gasteiger partial charge in [0.1, 0.15) is 5.76 Å². The summed E-state index contributed by atoms with van der Waals surface area (Å²) in [6.07, 6.45) is 4.90. The zero-order chi connectivity index (χ0) is 21.4. The molecule has 2 aromatic heterocycles. The Morgan fingerprint density at radius 1 is 1.19 bits per heavy atom. The molecular weight excluding hydrogens is 410 g/mol. The summed E-state index contributed by atoms with van der Waals surface area (Å²) in [6, 6.07) is 12.2. The van der Waals surface area contributed by atoms with Crippen LogP contribution in [0.2, 0.25) is 0 Å². The molecule has 2 unspecified atom stereocenters. The SMILES string of the molecule is CC(Sc1nnc(N2CCCC2)n1Cc1ccco1)C(=O)N1c2ccccc2CC1C. The Kier molecular flexibility index (Phi) is 5.48. The molecule has 0 aliphatic carbocycles. The molecule has 1 amide bonds. The maximum absolute atomic E-state index is 13.4. The van der Waals surface area contributed by atoms with Crippen LogP contribution in [0.15, 0.2) is 52.2 Å². The third kappa shape index (κ3) is 3.84. The maximum Gasteiger partial charge on any atom is 0.240 e. The number of carbonyl (C=O) groups is 1. The number of rotatable bonds is 6. The predicted octanol–water partition coefficient (Wildman–Crippen LogP) is 3.98. The number of fused-ring (bicyclic) bond motifs is 1. The standard InChI is InChI=1S/C23H27N5O2S/c1-16-14-18-8-3-4-10-20(18)28(16)21(29)17(2)31-23-25-24-22(26-11-5-6-12-26)27(23)15-19-9-7-13-30-19/h3-4,7-10,13,16-17H,5-6,11-12,14-15H2,1-2H3. The number of furan rings is 1. The summed E-state index contributed by atoms with van der Waals surface area (Å²) < 4.78 is 7.67. The second kappa shape index (κ2) is 8.42. The first kappa shape index (κ1) is 20.2. The van der Waals surface area contributed by atoms with E-state index in [1.807, 2.05) is 42.2 Å². The van der Waals surface area contributed by atoms with E-state index in [9.17, 15) is 4.79 Å². The Labute approximate surface area is 186 Å². The molecule has 4 heterocycles. The van der Waals surface area contributed by atoms with Crippen molar-refractivity contribution in [2.45, 2.75) is 56.1 Å². The highest BCUT2D eigenvalue weighted by molar-refractivity contribution is 8.00. The fourth-order valence-electron chi connectivity index (χ4n) is 4.52. The molecule has 1 saturated heterocycles. The van der Waals surface area contributed by atoms with Crippen LogP contribution in [-0.4, -0.2) is 45.1 Å². The summed E-state index contributed by atoms with van der Waals surface area (Å²) in [5.41, 5.74) is 2.26. The van der Waals surface area contributed by atoms with Crippen LogP contribution in [0.3, 0.4) is 0 Å². The molecule has 2 aliphatic heterocycles. The minimum atomic E-state index is -0.278. The van der Waals surface area contributed by atoms with Gasteiger partial charge in [-0.1, -0.05) is 30.0 Å². The van der Waals surface area contributed by atoms with Gasteiger partial charge in [-0.15, -0.1) is 10.2 Å². The third-order valence-electron chi connectivity index (χ3n) is 6.05. The number of thioether (sulfide) groups is 1. The highest BCUT2D eigenvalue weighted by Crippen LogP contribution is 2.35. The lowest BCUT2D eigenvalue weighted by Gasteiger charge is -2.26. The van der Waals surface area contributed by atoms with Crippen molar-refractivity contribution in [1.82, 2.24) is 14.8 Å². The largest absolute Gasteiger partial charge is 0.467 e. The first-order valence-electron chi connectivity index (χ1n) is 10.9. The van der Waals surface area contributed by atoms with Crippen molar-refractivity contribution in [2.24, 2.45) is 0 Å². The van der Waals surface area contributed by atoms with E-state index in [-0.39, 0.29) is 17.2 Å². The fraction of sp³-hybridized carbons (Fsp3) is 0.435. The van der Waals surface area contributed by atoms with Gasteiger partial charge >= 0.3 is 0 Å². The molecule has 0 bridgehead atoms. The first-order chi connectivity index (χ1) is 15.1. The van der Waals surface area contributed by atoms with Gasteiger partial charge in [-0.25, -0.2) is 0 Å². The molecule has 8 heteroatoms. The lowest BCUT2D eigenvalue weighted by Crippen LogP contribution is -2.40. The summed E-state index contributed by atoms with van der Waals surface area (Å²) in [5.74, 6) is 1.82. The lowest BCUT2D eigenvalue weighted by atomic mass is 10.1. The molecule has 0 N–H and O–H groups in total. The number of amides is 1. The van der Waals surface area contributed by atoms with E-state index < -0.39 is 0 Å². The Balaban J connectivity index is 1.39. The quantitative estimate of drug-likeness (QED) is 0.544. The minimum Gasteiger partial charge on any atom is -0.467 e. The molecule has 0 radical (unpaired) electrons. The number of aromatic nitrogens is 3. The zero-order valence-corrected chi connectivity index (χ0v) is 18.7. The molecule has 5 rings (SSSR count). The topological polar surface area (TPSA) is 67.4 Å². The van der Waals surface area contributed by atoms with Gasteiger partial charge in [-0.2, -0.15) is 0 Å². The Morgan fingerprint density at radius 3 is 2.77 bits per heavy atom. The molecule has 7 nitrogen and oxygen atoms in total. The van der Waals surface area contributed by atoms with Crippen molar-refractivity contribution < 1.29 is 9.21 Å². The average Bonchev–Trinajstić information content (AvgIpc) is 3.55. The van der Waals surface area contributed by atoms with Gasteiger partial charge in [0.05, 0.1) is 18.1 Å². The van der Waals surface area contributed by atoms with Crippen molar-refractivity contribution in [2.75, 3.05) is 22.9 Å². The van der Waals surface area contributed by atoms with Crippen LogP contribution in [0.1, 0.15) is 38.0 Å². The van der Waals surface area contributed by atoms with Crippen LogP contribution >= 0.6 is 11.8 Å². The smallest absolute Gasteiger partial charge is 0.240 e. The van der Waals surface area contributed by atoms with E-state index in [4.69, 9.17) is 4.42 Å². The first-order valence-corrected chi connectivity index (χ1v) is 11.8. The second-order valence-electron chi connectivity index (χ2n) is 8.29. The molecule has 162 valence electrons. The minimum absolute atomic E-state index is 0.109. The molecule has 2 aliphatic rings. The van der Waals surface area contributed by atoms with Crippen LogP contribution in [0.5, 0.6) is 0 Å². The Hall–Kier alpha value is -2.74. The highest BCUT2D eigenvalue weighted by Gasteiger charge is 2.34. The van der Waals surface area contributed by atoms with E-state index in [0.29, 0.717) is 6.54 Å². The fourth-order valence-corrected chi connectivity index (χ4v) is 5.41. The van der Waals surface area contributed by atoms with Gasteiger partial charge in [-0.3, -0.25) is 9.36 Å². The number of hydrogen-bond donors (Lipinski definition) is 0. The van der Waals surface area contributed by atoms with Gasteiger partial charge in [0.25, 0.3) is 0 Å². The van der Waals surface area contributed by atoms with Gasteiger partial charge in [0.15, 0.2) is 5.16 Å². The number of benzene rings is 1. The van der Waals surface area contributed by atoms with Crippen LogP contribution in [-0.2, 0) is 17.8 Å². The third-order valence-corrected chi connectivity index (χ3v) is 7.12. The van der Waals surface area contributed by atoms with Crippen LogP contribution < -0.4 is 9.80 Å². The molecule has 2 atom stereocenters. The highest BCUT2D eigenvalue weighted by atomic mass is 32.2. The Bertz CT molecular complexity index is 1060. The van der Waals surface area contributed by atoms with Crippen molar-refractivity contribution in [1.29, 1.82) is 0 Å². The molecule has 0 saturated carbocycles. The predicted molar refractivity (Wildman–Crippen MR) is 122 cm³/mol. The van der Waals surface area contributed by atoms with Crippen molar-refractivity contribution in [3.05, 3.63) is 54.0 Å². The van der Waals surface area contributed by atoms with E-state index in [2.05, 4.69) is 32.7 Å². The number of nitrogens with zero attached hydrogens (tertiary/aromatic N) is 5. The normalized spacial score (nSPS) is 19.1. The number of anilines is 2. The van der Waals surface area contributed by atoms with Gasteiger partial charge in [0.2, 0.25) is 11.9 Å². The van der Waals surface area contributed by atoms with Crippen molar-refractivity contribution in [3.8, 4) is 0 Å². The number of para-hydroxylation sites is 1. The average molecular weight is 438 g/mol. The van der Waals surface area contributed by atoms with E-state index in [0.717, 1.165) is 54.9 Å². The molecule has 3 aromatic rings. The summed E-state index contributed by atoms with van der Waals surface area (Å²) in [4.78, 5) is 17.6. The van der Waals surface area contributed by atoms with E-state index in [1.165, 1.54) is 17.3 Å². The number of carbonyl (C=O) groups excluding carboxylic acids is 1. The zero-order valence-electron chi connectivity index (χ0n) is 17.9. The van der Waals surface area contributed by atoms with Crippen LogP contribution in [0.25, 0.3) is 0 Å². The van der Waals surface area contributed by atoms with Crippen molar-refractivity contribution >= 4 is 29.3 Å². The number of hydrogen-bond acceptors (Lipinski definition) is 6. The monoisotopic (exact) mass is 437 g/mol. The molecule has 0 spiro atoms. The van der Waals surface area contributed by atoms with Crippen LogP contribution in [0.4, 0.5) is 11.6 Å². The summed E-state index contributed by atoms with van der Waals surface area (Å²) in [6.45, 7) is 6.59. The molecular formula is C23H27N5O2S. The van der Waals surface area contributed by atoms with Crippen molar-refractivity contribution in [3.63, 3.8) is 0 Å². The van der Waals surface area contributed by atoms with Gasteiger partial charge < -0.3 is 14.2 Å². The molecule has 1 fully saturated rings. The van der Waals surface area contributed by atoms with Gasteiger partial charge in [-0.05, 0) is 56.9 Å². The van der Waals surface area contributed by atoms with Gasteiger partial charge in [0, 0.05) is 24.8 Å².